The van der Waals surface area contributed by atoms with Crippen molar-refractivity contribution in [1.82, 2.24) is 9.76 Å². The molecule has 0 aliphatic heterocycles. The standard InChI is InChI=1S/C14H29N2O2PS/c1-5-9-12(2)18-19(20,15-3)16(4)14(17)13-10-7-6-8-11-13/h12-13H,5-11H2,1-4H3,(H,15,20). The van der Waals surface area contributed by atoms with Crippen LogP contribution in [0.3, 0.4) is 0 Å². The number of carbonyl (C=O) groups is 1. The summed E-state index contributed by atoms with van der Waals surface area (Å²) in [6, 6.07) is 0. The molecule has 0 bridgehead atoms. The van der Waals surface area contributed by atoms with Gasteiger partial charge in [0.15, 0.2) is 0 Å². The van der Waals surface area contributed by atoms with Crippen molar-refractivity contribution in [2.45, 2.75) is 64.9 Å². The number of nitrogens with one attached hydrogen (secondary N) is 1. The molecule has 1 N–H and O–H groups in total. The van der Waals surface area contributed by atoms with Gasteiger partial charge in [0.1, 0.15) is 0 Å². The van der Waals surface area contributed by atoms with Gasteiger partial charge < -0.3 is 4.52 Å². The van der Waals surface area contributed by atoms with Crippen LogP contribution in [-0.2, 0) is 21.1 Å². The molecule has 6 heteroatoms. The second-order valence-electron chi connectivity index (χ2n) is 5.65. The fraction of sp³-hybridized carbons (Fsp3) is 0.929. The highest BCUT2D eigenvalue weighted by Crippen LogP contribution is 2.48. The Labute approximate surface area is 128 Å². The Morgan fingerprint density at radius 3 is 2.55 bits per heavy atom. The third-order valence-electron chi connectivity index (χ3n) is 3.97. The molecule has 118 valence electrons. The van der Waals surface area contributed by atoms with Crippen LogP contribution in [0.1, 0.15) is 58.8 Å². The summed E-state index contributed by atoms with van der Waals surface area (Å²) in [6.07, 6.45) is 7.64. The molecule has 1 fully saturated rings. The molecule has 2 unspecified atom stereocenters. The van der Waals surface area contributed by atoms with Gasteiger partial charge in [-0.3, -0.25) is 14.6 Å². The van der Waals surface area contributed by atoms with Crippen molar-refractivity contribution in [2.75, 3.05) is 14.1 Å². The molecule has 0 radical (unpaired) electrons. The molecule has 1 saturated carbocycles. The minimum Gasteiger partial charge on any atom is -0.320 e. The summed E-state index contributed by atoms with van der Waals surface area (Å²) in [5, 5.41) is 3.10. The Kier molecular flexibility index (Phi) is 7.67. The summed E-state index contributed by atoms with van der Waals surface area (Å²) in [6.45, 7) is 1.72. The molecule has 2 atom stereocenters. The van der Waals surface area contributed by atoms with E-state index in [9.17, 15) is 4.79 Å². The highest BCUT2D eigenvalue weighted by Gasteiger charge is 2.33. The molecule has 20 heavy (non-hydrogen) atoms. The van der Waals surface area contributed by atoms with Crippen molar-refractivity contribution < 1.29 is 9.32 Å². The third-order valence-corrected chi connectivity index (χ3v) is 7.71. The maximum absolute atomic E-state index is 12.6. The summed E-state index contributed by atoms with van der Waals surface area (Å²) in [5.74, 6) is 0.292. The minimum absolute atomic E-state index is 0.0832. The molecule has 0 spiro atoms. The maximum Gasteiger partial charge on any atom is 0.231 e. The summed E-state index contributed by atoms with van der Waals surface area (Å²) in [4.78, 5) is 12.6. The monoisotopic (exact) mass is 320 g/mol. The van der Waals surface area contributed by atoms with Gasteiger partial charge in [-0.2, -0.15) is 0 Å². The predicted octanol–water partition coefficient (Wildman–Crippen LogP) is 3.67. The van der Waals surface area contributed by atoms with E-state index in [1.54, 1.807) is 18.8 Å². The number of carbonyl (C=O) groups excluding carboxylic acids is 1. The zero-order valence-electron chi connectivity index (χ0n) is 13.2. The first kappa shape index (κ1) is 18.1. The molecule has 1 rings (SSSR count). The molecule has 0 saturated heterocycles. The van der Waals surface area contributed by atoms with Gasteiger partial charge in [-0.1, -0.05) is 32.6 Å². The van der Waals surface area contributed by atoms with E-state index < -0.39 is 6.57 Å². The van der Waals surface area contributed by atoms with Gasteiger partial charge in [-0.15, -0.1) is 0 Å². The number of amides is 1. The fourth-order valence-corrected chi connectivity index (χ4v) is 4.97. The van der Waals surface area contributed by atoms with E-state index in [1.807, 2.05) is 6.92 Å². The second-order valence-corrected chi connectivity index (χ2v) is 9.43. The SMILES string of the molecule is CCCC(C)OP(=S)(NC)N(C)C(=O)C1CCCCC1. The van der Waals surface area contributed by atoms with Gasteiger partial charge in [-0.05, 0) is 45.0 Å². The number of hydrogen-bond acceptors (Lipinski definition) is 3. The minimum atomic E-state index is -2.43. The normalized spacial score (nSPS) is 21.2. The highest BCUT2D eigenvalue weighted by atomic mass is 32.5. The van der Waals surface area contributed by atoms with Crippen LogP contribution in [0.4, 0.5) is 0 Å². The topological polar surface area (TPSA) is 41.6 Å². The van der Waals surface area contributed by atoms with E-state index in [1.165, 1.54) is 6.42 Å². The van der Waals surface area contributed by atoms with Crippen LogP contribution in [0.2, 0.25) is 0 Å². The van der Waals surface area contributed by atoms with Crippen molar-refractivity contribution in [1.29, 1.82) is 0 Å². The van der Waals surface area contributed by atoms with Crippen LogP contribution in [0, 0.1) is 5.92 Å². The van der Waals surface area contributed by atoms with Crippen molar-refractivity contribution >= 4 is 24.3 Å². The molecule has 1 aliphatic rings. The highest BCUT2D eigenvalue weighted by molar-refractivity contribution is 8.10. The quantitative estimate of drug-likeness (QED) is 0.727. The third kappa shape index (κ3) is 4.80. The van der Waals surface area contributed by atoms with Crippen LogP contribution in [0.25, 0.3) is 0 Å². The van der Waals surface area contributed by atoms with Crippen molar-refractivity contribution in [3.63, 3.8) is 0 Å². The Balaban J connectivity index is 2.70. The van der Waals surface area contributed by atoms with Crippen molar-refractivity contribution in [3.05, 3.63) is 0 Å². The van der Waals surface area contributed by atoms with Crippen LogP contribution in [-0.4, -0.2) is 30.8 Å². The van der Waals surface area contributed by atoms with Gasteiger partial charge in [0.2, 0.25) is 12.5 Å². The number of hydrogen-bond donors (Lipinski definition) is 1. The van der Waals surface area contributed by atoms with E-state index >= 15 is 0 Å². The first-order valence-electron chi connectivity index (χ1n) is 7.70. The van der Waals surface area contributed by atoms with Crippen molar-refractivity contribution in [2.24, 2.45) is 5.92 Å². The lowest BCUT2D eigenvalue weighted by Crippen LogP contribution is -2.36. The zero-order valence-corrected chi connectivity index (χ0v) is 14.9. The summed E-state index contributed by atoms with van der Waals surface area (Å²) >= 11 is 5.64. The zero-order chi connectivity index (χ0) is 15.2. The summed E-state index contributed by atoms with van der Waals surface area (Å²) in [7, 11) is 3.59. The molecule has 4 nitrogen and oxygen atoms in total. The molecular formula is C14H29N2O2PS. The smallest absolute Gasteiger partial charge is 0.231 e. The van der Waals surface area contributed by atoms with Crippen LogP contribution in [0.5, 0.6) is 0 Å². The first-order valence-corrected chi connectivity index (χ1v) is 10.4. The van der Waals surface area contributed by atoms with Crippen LogP contribution >= 0.6 is 6.57 Å². The lowest BCUT2D eigenvalue weighted by Gasteiger charge is -2.35. The van der Waals surface area contributed by atoms with Crippen LogP contribution < -0.4 is 5.09 Å². The predicted molar refractivity (Wildman–Crippen MR) is 88.1 cm³/mol. The Hall–Kier alpha value is 0.0400. The van der Waals surface area contributed by atoms with Crippen LogP contribution in [0.15, 0.2) is 0 Å². The maximum atomic E-state index is 12.6. The van der Waals surface area contributed by atoms with Crippen molar-refractivity contribution in [3.8, 4) is 0 Å². The van der Waals surface area contributed by atoms with E-state index in [2.05, 4.69) is 12.0 Å². The number of rotatable bonds is 7. The molecular weight excluding hydrogens is 291 g/mol. The van der Waals surface area contributed by atoms with Gasteiger partial charge in [0.05, 0.1) is 6.10 Å². The van der Waals surface area contributed by atoms with Gasteiger partial charge >= 0.3 is 0 Å². The molecule has 0 aromatic heterocycles. The number of nitrogens with zero attached hydrogens (tertiary/aromatic N) is 1. The largest absolute Gasteiger partial charge is 0.320 e. The fourth-order valence-electron chi connectivity index (χ4n) is 2.72. The summed E-state index contributed by atoms with van der Waals surface area (Å²) in [5.41, 5.74) is 0. The molecule has 0 aromatic carbocycles. The first-order chi connectivity index (χ1) is 9.44. The molecule has 1 amide bonds. The molecule has 0 aromatic rings. The second kappa shape index (κ2) is 8.47. The Morgan fingerprint density at radius 1 is 1.45 bits per heavy atom. The van der Waals surface area contributed by atoms with E-state index in [0.29, 0.717) is 0 Å². The Morgan fingerprint density at radius 2 is 2.05 bits per heavy atom. The van der Waals surface area contributed by atoms with E-state index in [4.69, 9.17) is 16.3 Å². The average molecular weight is 320 g/mol. The lowest BCUT2D eigenvalue weighted by molar-refractivity contribution is -0.131. The summed E-state index contributed by atoms with van der Waals surface area (Å²) < 4.78 is 7.71. The molecule has 1 aliphatic carbocycles. The Bertz CT molecular complexity index is 359. The average Bonchev–Trinajstić information content (AvgIpc) is 2.46. The van der Waals surface area contributed by atoms with Gasteiger partial charge in [-0.25, -0.2) is 0 Å². The van der Waals surface area contributed by atoms with E-state index in [0.717, 1.165) is 38.5 Å². The molecule has 0 heterocycles. The lowest BCUT2D eigenvalue weighted by atomic mass is 9.89. The van der Waals surface area contributed by atoms with E-state index in [-0.39, 0.29) is 17.9 Å². The van der Waals surface area contributed by atoms with Gasteiger partial charge in [0.25, 0.3) is 0 Å². The van der Waals surface area contributed by atoms with Gasteiger partial charge in [0, 0.05) is 13.0 Å².